The predicted molar refractivity (Wildman–Crippen MR) is 85.2 cm³/mol. The molecule has 102 valence electrons. The number of hydrogen-bond donors (Lipinski definition) is 1. The molecule has 0 bridgehead atoms. The van der Waals surface area contributed by atoms with E-state index in [4.69, 9.17) is 11.6 Å². The zero-order valence-corrected chi connectivity index (χ0v) is 12.4. The van der Waals surface area contributed by atoms with Crippen LogP contribution in [0.25, 0.3) is 0 Å². The van der Waals surface area contributed by atoms with Gasteiger partial charge in [0.1, 0.15) is 0 Å². The minimum absolute atomic E-state index is 0.0672. The lowest BCUT2D eigenvalue weighted by atomic mass is 10.1. The molecule has 1 aromatic heterocycles. The predicted octanol–water partition coefficient (Wildman–Crippen LogP) is 4.23. The number of halogens is 1. The number of ketones is 1. The van der Waals surface area contributed by atoms with Crippen LogP contribution in [0.1, 0.15) is 10.4 Å². The highest BCUT2D eigenvalue weighted by atomic mass is 35.5. The van der Waals surface area contributed by atoms with Crippen LogP contribution in [0.15, 0.2) is 59.9 Å². The molecule has 20 heavy (non-hydrogen) atoms. The highest BCUT2D eigenvalue weighted by molar-refractivity contribution is 8.02. The van der Waals surface area contributed by atoms with Gasteiger partial charge in [0.2, 0.25) is 0 Å². The van der Waals surface area contributed by atoms with Gasteiger partial charge in [-0.25, -0.2) is 0 Å². The number of allylic oxidation sites excluding steroid dienone is 1. The zero-order chi connectivity index (χ0) is 14.4. The Morgan fingerprint density at radius 2 is 2.05 bits per heavy atom. The Labute approximate surface area is 127 Å². The largest absolute Gasteiger partial charge is 0.349 e. The van der Waals surface area contributed by atoms with Crippen molar-refractivity contribution in [1.29, 1.82) is 0 Å². The summed E-state index contributed by atoms with van der Waals surface area (Å²) in [5.41, 5.74) is 1.45. The van der Waals surface area contributed by atoms with Crippen LogP contribution < -0.4 is 5.32 Å². The van der Waals surface area contributed by atoms with Gasteiger partial charge in [0, 0.05) is 22.9 Å². The SMILES string of the molecule is CS/C(=C/C(=O)c1ccc(Cl)cc1)Nc1cccnc1. The number of hydrogen-bond acceptors (Lipinski definition) is 4. The molecule has 0 spiro atoms. The van der Waals surface area contributed by atoms with Gasteiger partial charge in [0.15, 0.2) is 5.78 Å². The number of nitrogens with zero attached hydrogens (tertiary/aromatic N) is 1. The first kappa shape index (κ1) is 14.6. The van der Waals surface area contributed by atoms with Gasteiger partial charge in [-0.05, 0) is 42.7 Å². The van der Waals surface area contributed by atoms with Crippen molar-refractivity contribution in [2.45, 2.75) is 0 Å². The number of rotatable bonds is 5. The van der Waals surface area contributed by atoms with E-state index in [2.05, 4.69) is 10.3 Å². The smallest absolute Gasteiger partial charge is 0.188 e. The first-order valence-electron chi connectivity index (χ1n) is 5.91. The average molecular weight is 305 g/mol. The molecule has 0 saturated carbocycles. The van der Waals surface area contributed by atoms with E-state index in [0.29, 0.717) is 10.6 Å². The molecule has 0 unspecified atom stereocenters. The normalized spacial score (nSPS) is 11.2. The van der Waals surface area contributed by atoms with Crippen LogP contribution in [0, 0.1) is 0 Å². The fraction of sp³-hybridized carbons (Fsp3) is 0.0667. The molecule has 0 fully saturated rings. The van der Waals surface area contributed by atoms with E-state index >= 15 is 0 Å². The minimum Gasteiger partial charge on any atom is -0.349 e. The fourth-order valence-corrected chi connectivity index (χ4v) is 2.11. The molecule has 0 aliphatic rings. The molecule has 0 radical (unpaired) electrons. The number of benzene rings is 1. The van der Waals surface area contributed by atoms with Crippen molar-refractivity contribution in [3.8, 4) is 0 Å². The molecule has 3 nitrogen and oxygen atoms in total. The molecular weight excluding hydrogens is 292 g/mol. The summed E-state index contributed by atoms with van der Waals surface area (Å²) in [5.74, 6) is -0.0672. The van der Waals surface area contributed by atoms with Crippen molar-refractivity contribution >= 4 is 34.8 Å². The molecule has 1 heterocycles. The lowest BCUT2D eigenvalue weighted by molar-refractivity contribution is 0.104. The van der Waals surface area contributed by atoms with Crippen molar-refractivity contribution in [1.82, 2.24) is 4.98 Å². The Balaban J connectivity index is 2.14. The van der Waals surface area contributed by atoms with Crippen LogP contribution in [-0.4, -0.2) is 17.0 Å². The molecule has 0 saturated heterocycles. The van der Waals surface area contributed by atoms with Crippen LogP contribution in [-0.2, 0) is 0 Å². The van der Waals surface area contributed by atoms with Gasteiger partial charge in [-0.2, -0.15) is 0 Å². The Morgan fingerprint density at radius 3 is 2.65 bits per heavy atom. The number of carbonyl (C=O) groups is 1. The highest BCUT2D eigenvalue weighted by Crippen LogP contribution is 2.18. The van der Waals surface area contributed by atoms with E-state index in [0.717, 1.165) is 10.7 Å². The summed E-state index contributed by atoms with van der Waals surface area (Å²) in [5, 5.41) is 4.53. The quantitative estimate of drug-likeness (QED) is 0.663. The van der Waals surface area contributed by atoms with Gasteiger partial charge >= 0.3 is 0 Å². The second-order valence-electron chi connectivity index (χ2n) is 3.95. The lowest BCUT2D eigenvalue weighted by Crippen LogP contribution is -2.01. The summed E-state index contributed by atoms with van der Waals surface area (Å²) in [6.07, 6.45) is 6.88. The molecule has 0 amide bonds. The first-order chi connectivity index (χ1) is 9.69. The maximum Gasteiger partial charge on any atom is 0.188 e. The second-order valence-corrected chi connectivity index (χ2v) is 5.24. The Morgan fingerprint density at radius 1 is 1.30 bits per heavy atom. The maximum atomic E-state index is 12.1. The fourth-order valence-electron chi connectivity index (χ4n) is 1.54. The van der Waals surface area contributed by atoms with Crippen LogP contribution in [0.2, 0.25) is 5.02 Å². The molecule has 2 rings (SSSR count). The highest BCUT2D eigenvalue weighted by Gasteiger charge is 2.05. The number of anilines is 1. The summed E-state index contributed by atoms with van der Waals surface area (Å²) in [7, 11) is 0. The Hall–Kier alpha value is -1.78. The van der Waals surface area contributed by atoms with Crippen LogP contribution in [0.4, 0.5) is 5.69 Å². The monoisotopic (exact) mass is 304 g/mol. The van der Waals surface area contributed by atoms with E-state index in [1.54, 1.807) is 42.7 Å². The van der Waals surface area contributed by atoms with Crippen LogP contribution in [0.5, 0.6) is 0 Å². The van der Waals surface area contributed by atoms with Crippen molar-refractivity contribution < 1.29 is 4.79 Å². The number of carbonyl (C=O) groups excluding carboxylic acids is 1. The average Bonchev–Trinajstić information content (AvgIpc) is 2.48. The van der Waals surface area contributed by atoms with Gasteiger partial charge in [-0.1, -0.05) is 11.6 Å². The lowest BCUT2D eigenvalue weighted by Gasteiger charge is -2.07. The molecule has 2 aromatic rings. The van der Waals surface area contributed by atoms with E-state index in [1.807, 2.05) is 18.4 Å². The standard InChI is InChI=1S/C15H13ClN2OS/c1-20-15(18-13-3-2-8-17-10-13)9-14(19)11-4-6-12(16)7-5-11/h2-10,18H,1H3/b15-9+. The van der Waals surface area contributed by atoms with Crippen molar-refractivity contribution in [2.24, 2.45) is 0 Å². The molecule has 0 aliphatic carbocycles. The van der Waals surface area contributed by atoms with Gasteiger partial charge < -0.3 is 5.32 Å². The number of nitrogens with one attached hydrogen (secondary N) is 1. The minimum atomic E-state index is -0.0672. The zero-order valence-electron chi connectivity index (χ0n) is 10.8. The molecule has 0 atom stereocenters. The maximum absolute atomic E-state index is 12.1. The van der Waals surface area contributed by atoms with Gasteiger partial charge in [-0.3, -0.25) is 9.78 Å². The molecule has 1 aromatic carbocycles. The number of thioether (sulfide) groups is 1. The number of aromatic nitrogens is 1. The van der Waals surface area contributed by atoms with Gasteiger partial charge in [-0.15, -0.1) is 11.8 Å². The third-order valence-electron chi connectivity index (χ3n) is 2.54. The van der Waals surface area contributed by atoms with E-state index in [9.17, 15) is 4.79 Å². The second kappa shape index (κ2) is 7.12. The van der Waals surface area contributed by atoms with Gasteiger partial charge in [0.05, 0.1) is 16.9 Å². The third-order valence-corrected chi connectivity index (χ3v) is 3.45. The Kier molecular flexibility index (Phi) is 5.21. The first-order valence-corrected chi connectivity index (χ1v) is 7.52. The summed E-state index contributed by atoms with van der Waals surface area (Å²) >= 11 is 7.27. The Bertz CT molecular complexity index is 612. The molecular formula is C15H13ClN2OS. The number of pyridine rings is 1. The summed E-state index contributed by atoms with van der Waals surface area (Å²) in [6, 6.07) is 10.6. The topological polar surface area (TPSA) is 42.0 Å². The molecule has 5 heteroatoms. The van der Waals surface area contributed by atoms with Crippen molar-refractivity contribution in [3.05, 3.63) is 70.5 Å². The summed E-state index contributed by atoms with van der Waals surface area (Å²) < 4.78 is 0. The van der Waals surface area contributed by atoms with E-state index in [1.165, 1.54) is 11.8 Å². The summed E-state index contributed by atoms with van der Waals surface area (Å²) in [4.78, 5) is 16.1. The van der Waals surface area contributed by atoms with Gasteiger partial charge in [0.25, 0.3) is 0 Å². The van der Waals surface area contributed by atoms with Crippen molar-refractivity contribution in [2.75, 3.05) is 11.6 Å². The van der Waals surface area contributed by atoms with Crippen LogP contribution >= 0.6 is 23.4 Å². The summed E-state index contributed by atoms with van der Waals surface area (Å²) in [6.45, 7) is 0. The molecule has 1 N–H and O–H groups in total. The van der Waals surface area contributed by atoms with Crippen molar-refractivity contribution in [3.63, 3.8) is 0 Å². The van der Waals surface area contributed by atoms with E-state index < -0.39 is 0 Å². The molecule has 0 aliphatic heterocycles. The van der Waals surface area contributed by atoms with E-state index in [-0.39, 0.29) is 5.78 Å². The van der Waals surface area contributed by atoms with Crippen LogP contribution in [0.3, 0.4) is 0 Å². The third kappa shape index (κ3) is 4.11.